The molecule has 1 aliphatic heterocycles. The van der Waals surface area contributed by atoms with Gasteiger partial charge in [-0.25, -0.2) is 15.0 Å². The lowest BCUT2D eigenvalue weighted by molar-refractivity contribution is 0.101. The normalized spacial score (nSPS) is 14.9. The highest BCUT2D eigenvalue weighted by Crippen LogP contribution is 2.31. The van der Waals surface area contributed by atoms with E-state index in [1.54, 1.807) is 16.9 Å². The maximum atomic E-state index is 12.3. The third-order valence-electron chi connectivity index (χ3n) is 5.00. The van der Waals surface area contributed by atoms with Gasteiger partial charge in [0.1, 0.15) is 5.69 Å². The quantitative estimate of drug-likeness (QED) is 0.426. The topological polar surface area (TPSA) is 76.3 Å². The van der Waals surface area contributed by atoms with Gasteiger partial charge in [0.25, 0.3) is 0 Å². The van der Waals surface area contributed by atoms with Gasteiger partial charge in [0.2, 0.25) is 11.8 Å². The smallest absolute Gasteiger partial charge is 0.229 e. The molecule has 1 fully saturated rings. The predicted molar refractivity (Wildman–Crippen MR) is 113 cm³/mol. The van der Waals surface area contributed by atoms with Gasteiger partial charge >= 0.3 is 0 Å². The Morgan fingerprint density at radius 3 is 2.71 bits per heavy atom. The largest absolute Gasteiger partial charge is 0.341 e. The molecule has 0 radical (unpaired) electrons. The van der Waals surface area contributed by atoms with Gasteiger partial charge in [-0.15, -0.1) is 16.4 Å². The number of nitrogens with zero attached hydrogens (tertiary/aromatic N) is 6. The molecule has 0 amide bonds. The van der Waals surface area contributed by atoms with Crippen molar-refractivity contribution in [2.75, 3.05) is 18.0 Å². The Hall–Kier alpha value is -2.39. The second-order valence-electron chi connectivity index (χ2n) is 6.91. The number of rotatable bonds is 3. The van der Waals surface area contributed by atoms with E-state index in [-0.39, 0.29) is 5.78 Å². The van der Waals surface area contributed by atoms with Crippen LogP contribution in [0.2, 0.25) is 0 Å². The van der Waals surface area contributed by atoms with Crippen molar-refractivity contribution in [1.29, 1.82) is 0 Å². The number of thiazole rings is 1. The number of anilines is 1. The fourth-order valence-electron chi connectivity index (χ4n) is 3.66. The van der Waals surface area contributed by atoms with Crippen LogP contribution < -0.4 is 4.90 Å². The van der Waals surface area contributed by atoms with Crippen LogP contribution in [0, 0.1) is 0 Å². The van der Waals surface area contributed by atoms with E-state index in [1.165, 1.54) is 17.8 Å². The minimum absolute atomic E-state index is 0.0213. The summed E-state index contributed by atoms with van der Waals surface area (Å²) < 4.78 is 2.62. The van der Waals surface area contributed by atoms with Gasteiger partial charge in [-0.05, 0) is 38.3 Å². The Morgan fingerprint density at radius 1 is 1.18 bits per heavy atom. The maximum absolute atomic E-state index is 12.3. The summed E-state index contributed by atoms with van der Waals surface area (Å²) in [5.74, 6) is 1.28. The van der Waals surface area contributed by atoms with Crippen molar-refractivity contribution in [3.8, 4) is 11.5 Å². The molecule has 1 aromatic carbocycles. The number of ketones is 1. The van der Waals surface area contributed by atoms with E-state index in [0.717, 1.165) is 47.4 Å². The van der Waals surface area contributed by atoms with Gasteiger partial charge in [-0.1, -0.05) is 15.9 Å². The molecule has 0 spiro atoms. The lowest BCUT2D eigenvalue weighted by Crippen LogP contribution is -2.32. The molecule has 0 N–H and O–H groups in total. The fraction of sp³-hybridized carbons (Fsp3) is 0.316. The van der Waals surface area contributed by atoms with Crippen LogP contribution >= 0.6 is 27.3 Å². The first kappa shape index (κ1) is 17.7. The van der Waals surface area contributed by atoms with Gasteiger partial charge in [-0.2, -0.15) is 4.52 Å². The lowest BCUT2D eigenvalue weighted by Gasteiger charge is -2.28. The first-order valence-electron chi connectivity index (χ1n) is 9.16. The van der Waals surface area contributed by atoms with Crippen molar-refractivity contribution in [2.45, 2.75) is 26.2 Å². The summed E-state index contributed by atoms with van der Waals surface area (Å²) in [6.07, 6.45) is 3.46. The van der Waals surface area contributed by atoms with Crippen LogP contribution in [0.1, 0.15) is 36.5 Å². The average molecular weight is 457 g/mol. The summed E-state index contributed by atoms with van der Waals surface area (Å²) in [5.41, 5.74) is 4.46. The van der Waals surface area contributed by atoms with Crippen LogP contribution in [0.25, 0.3) is 28.1 Å². The van der Waals surface area contributed by atoms with Crippen LogP contribution in [-0.4, -0.2) is 43.4 Å². The highest BCUT2D eigenvalue weighted by Gasteiger charge is 2.23. The van der Waals surface area contributed by atoms with Crippen molar-refractivity contribution in [3.05, 3.63) is 33.1 Å². The number of halogens is 1. The van der Waals surface area contributed by atoms with Crippen molar-refractivity contribution >= 4 is 55.5 Å². The minimum atomic E-state index is -0.0213. The molecule has 28 heavy (non-hydrogen) atoms. The molecule has 4 heterocycles. The summed E-state index contributed by atoms with van der Waals surface area (Å²) in [4.78, 5) is 28.6. The molecular weight excluding hydrogens is 440 g/mol. The molecule has 0 bridgehead atoms. The number of aromatic nitrogens is 5. The van der Waals surface area contributed by atoms with Crippen molar-refractivity contribution in [1.82, 2.24) is 24.6 Å². The molecule has 7 nitrogen and oxygen atoms in total. The summed E-state index contributed by atoms with van der Waals surface area (Å²) in [6.45, 7) is 3.41. The van der Waals surface area contributed by atoms with Gasteiger partial charge < -0.3 is 4.90 Å². The van der Waals surface area contributed by atoms with E-state index in [4.69, 9.17) is 15.1 Å². The molecule has 0 unspecified atom stereocenters. The second kappa shape index (κ2) is 6.89. The highest BCUT2D eigenvalue weighted by atomic mass is 79.9. The van der Waals surface area contributed by atoms with E-state index in [0.29, 0.717) is 22.6 Å². The number of hydrogen-bond donors (Lipinski definition) is 0. The number of piperidine rings is 1. The van der Waals surface area contributed by atoms with Gasteiger partial charge in [0.15, 0.2) is 11.4 Å². The van der Waals surface area contributed by atoms with Crippen LogP contribution in [0.3, 0.4) is 0 Å². The number of fused-ring (bicyclic) bond motifs is 3. The molecule has 142 valence electrons. The lowest BCUT2D eigenvalue weighted by atomic mass is 10.1. The van der Waals surface area contributed by atoms with Crippen molar-refractivity contribution in [3.63, 3.8) is 0 Å². The van der Waals surface area contributed by atoms with Gasteiger partial charge in [-0.3, -0.25) is 4.79 Å². The zero-order chi connectivity index (χ0) is 19.3. The Bertz CT molecular complexity index is 1200. The highest BCUT2D eigenvalue weighted by molar-refractivity contribution is 9.10. The number of benzene rings is 1. The SMILES string of the molecule is CC(=O)c1cc(Br)cc2c1nc(N1CCCCC1)n1nc(-c3cscn3)nc21. The van der Waals surface area contributed by atoms with Crippen LogP contribution in [0.15, 0.2) is 27.5 Å². The molecule has 1 saturated heterocycles. The first-order chi connectivity index (χ1) is 13.6. The molecule has 0 atom stereocenters. The van der Waals surface area contributed by atoms with Crippen LogP contribution in [-0.2, 0) is 0 Å². The third kappa shape index (κ3) is 2.89. The summed E-state index contributed by atoms with van der Waals surface area (Å²) >= 11 is 5.03. The van der Waals surface area contributed by atoms with Crippen LogP contribution in [0.4, 0.5) is 5.95 Å². The minimum Gasteiger partial charge on any atom is -0.341 e. The molecule has 0 aliphatic carbocycles. The Kier molecular flexibility index (Phi) is 4.36. The molecular formula is C19H17BrN6OS. The second-order valence-corrected chi connectivity index (χ2v) is 8.54. The third-order valence-corrected chi connectivity index (χ3v) is 6.05. The molecule has 0 saturated carbocycles. The number of Topliss-reactive ketones (excluding diaryl/α,β-unsaturated/α-hetero) is 1. The molecule has 9 heteroatoms. The molecule has 3 aromatic heterocycles. The monoisotopic (exact) mass is 456 g/mol. The maximum Gasteiger partial charge on any atom is 0.229 e. The summed E-state index contributed by atoms with van der Waals surface area (Å²) in [6, 6.07) is 3.77. The van der Waals surface area contributed by atoms with Crippen molar-refractivity contribution < 1.29 is 4.79 Å². The Labute approximate surface area is 173 Å². The number of hydrogen-bond acceptors (Lipinski definition) is 7. The van der Waals surface area contributed by atoms with E-state index in [1.807, 2.05) is 17.5 Å². The zero-order valence-corrected chi connectivity index (χ0v) is 17.6. The molecule has 1 aliphatic rings. The van der Waals surface area contributed by atoms with E-state index in [9.17, 15) is 4.79 Å². The molecule has 5 rings (SSSR count). The number of carbonyl (C=O) groups excluding carboxylic acids is 1. The standard InChI is InChI=1S/C19H17BrN6OS/c1-11(27)13-7-12(20)8-14-16(13)22-19(25-5-3-2-4-6-25)26-18(14)23-17(24-26)15-9-28-10-21-15/h7-10H,2-6H2,1H3. The van der Waals surface area contributed by atoms with Crippen molar-refractivity contribution in [2.24, 2.45) is 0 Å². The predicted octanol–water partition coefficient (Wildman–Crippen LogP) is 4.36. The average Bonchev–Trinajstić information content (AvgIpc) is 3.37. The zero-order valence-electron chi connectivity index (χ0n) is 15.2. The van der Waals surface area contributed by atoms with Gasteiger partial charge in [0, 0.05) is 33.9 Å². The summed E-state index contributed by atoms with van der Waals surface area (Å²) in [7, 11) is 0. The first-order valence-corrected chi connectivity index (χ1v) is 10.9. The fourth-order valence-corrected chi connectivity index (χ4v) is 4.65. The van der Waals surface area contributed by atoms with E-state index < -0.39 is 0 Å². The Balaban J connectivity index is 1.86. The van der Waals surface area contributed by atoms with Gasteiger partial charge in [0.05, 0.1) is 11.0 Å². The van der Waals surface area contributed by atoms with E-state index >= 15 is 0 Å². The molecule has 4 aromatic rings. The summed E-state index contributed by atoms with van der Waals surface area (Å²) in [5, 5.41) is 7.46. The Morgan fingerprint density at radius 2 is 2.00 bits per heavy atom. The van der Waals surface area contributed by atoms with E-state index in [2.05, 4.69) is 25.8 Å². The number of carbonyl (C=O) groups is 1. The van der Waals surface area contributed by atoms with Crippen LogP contribution in [0.5, 0.6) is 0 Å².